The summed E-state index contributed by atoms with van der Waals surface area (Å²) in [5, 5.41) is 7.34. The largest absolute Gasteiger partial charge is 0.457 e. The van der Waals surface area contributed by atoms with E-state index in [-0.39, 0.29) is 0 Å². The van der Waals surface area contributed by atoms with Crippen LogP contribution in [0, 0.1) is 0 Å². The summed E-state index contributed by atoms with van der Waals surface area (Å²) in [6, 6.07) is 28.9. The lowest BCUT2D eigenvalue weighted by molar-refractivity contribution is -0.133. The highest BCUT2D eigenvalue weighted by molar-refractivity contribution is 6.11. The van der Waals surface area contributed by atoms with E-state index in [2.05, 4.69) is 10.6 Å². The van der Waals surface area contributed by atoms with Crippen LogP contribution in [0.3, 0.4) is 0 Å². The molecule has 0 spiro atoms. The van der Waals surface area contributed by atoms with Gasteiger partial charge in [-0.1, -0.05) is 60.7 Å². The second-order valence-electron chi connectivity index (χ2n) is 8.46. The third kappa shape index (κ3) is 4.31. The summed E-state index contributed by atoms with van der Waals surface area (Å²) < 4.78 is 5.75. The van der Waals surface area contributed by atoms with Gasteiger partial charge in [0.15, 0.2) is 0 Å². The van der Waals surface area contributed by atoms with Gasteiger partial charge in [-0.15, -0.1) is 0 Å². The van der Waals surface area contributed by atoms with Crippen LogP contribution < -0.4 is 15.4 Å². The number of imide groups is 1. The Labute approximate surface area is 202 Å². The van der Waals surface area contributed by atoms with Crippen LogP contribution in [0.5, 0.6) is 11.5 Å². The van der Waals surface area contributed by atoms with Crippen molar-refractivity contribution in [2.75, 3.05) is 11.9 Å². The first kappa shape index (κ1) is 22.2. The maximum atomic E-state index is 13.3. The van der Waals surface area contributed by atoms with Crippen molar-refractivity contribution in [1.82, 2.24) is 10.2 Å². The van der Waals surface area contributed by atoms with Crippen molar-refractivity contribution >= 4 is 34.3 Å². The molecule has 4 amide bonds. The number of carbonyl (C=O) groups excluding carboxylic acids is 3. The fourth-order valence-electron chi connectivity index (χ4n) is 4.26. The molecular formula is C28H23N3O4. The van der Waals surface area contributed by atoms with Gasteiger partial charge in [0.2, 0.25) is 5.91 Å². The molecule has 1 saturated heterocycles. The monoisotopic (exact) mass is 465 g/mol. The van der Waals surface area contributed by atoms with E-state index in [1.54, 1.807) is 31.2 Å². The number of anilines is 1. The number of amides is 4. The average molecular weight is 466 g/mol. The molecule has 0 aliphatic carbocycles. The molecule has 1 fully saturated rings. The van der Waals surface area contributed by atoms with Gasteiger partial charge in [-0.2, -0.15) is 0 Å². The zero-order chi connectivity index (χ0) is 24.4. The van der Waals surface area contributed by atoms with E-state index in [1.165, 1.54) is 0 Å². The molecule has 5 rings (SSSR count). The van der Waals surface area contributed by atoms with Gasteiger partial charge in [-0.25, -0.2) is 4.79 Å². The Balaban J connectivity index is 1.27. The molecule has 0 saturated carbocycles. The number of nitrogens with zero attached hydrogens (tertiary/aromatic N) is 1. The number of nitrogens with one attached hydrogen (secondary N) is 2. The van der Waals surface area contributed by atoms with Crippen molar-refractivity contribution < 1.29 is 19.1 Å². The van der Waals surface area contributed by atoms with Crippen molar-refractivity contribution in [3.8, 4) is 11.5 Å². The van der Waals surface area contributed by atoms with Crippen LogP contribution in [0.25, 0.3) is 10.8 Å². The minimum Gasteiger partial charge on any atom is -0.457 e. The quantitative estimate of drug-likeness (QED) is 0.391. The van der Waals surface area contributed by atoms with Gasteiger partial charge in [0.1, 0.15) is 23.6 Å². The molecule has 0 unspecified atom stereocenters. The zero-order valence-electron chi connectivity index (χ0n) is 19.0. The Kier molecular flexibility index (Phi) is 5.66. The number of urea groups is 1. The second kappa shape index (κ2) is 8.95. The van der Waals surface area contributed by atoms with Crippen LogP contribution in [-0.2, 0) is 15.1 Å². The molecule has 0 bridgehead atoms. The molecule has 174 valence electrons. The number of hydrogen-bond donors (Lipinski definition) is 2. The van der Waals surface area contributed by atoms with Crippen molar-refractivity contribution in [3.05, 3.63) is 103 Å². The Hall–Kier alpha value is -4.65. The second-order valence-corrected chi connectivity index (χ2v) is 8.46. The van der Waals surface area contributed by atoms with Gasteiger partial charge in [0, 0.05) is 5.69 Å². The third-order valence-electron chi connectivity index (χ3n) is 6.02. The van der Waals surface area contributed by atoms with Crippen LogP contribution in [0.1, 0.15) is 12.5 Å². The first-order valence-corrected chi connectivity index (χ1v) is 11.2. The van der Waals surface area contributed by atoms with Gasteiger partial charge >= 0.3 is 6.03 Å². The molecule has 1 aliphatic heterocycles. The van der Waals surface area contributed by atoms with Gasteiger partial charge in [0.25, 0.3) is 5.91 Å². The Morgan fingerprint density at radius 3 is 2.29 bits per heavy atom. The zero-order valence-corrected chi connectivity index (χ0v) is 19.0. The van der Waals surface area contributed by atoms with Crippen LogP contribution in [-0.4, -0.2) is 29.3 Å². The lowest BCUT2D eigenvalue weighted by Crippen LogP contribution is -2.42. The fourth-order valence-corrected chi connectivity index (χ4v) is 4.26. The first-order valence-electron chi connectivity index (χ1n) is 11.2. The number of ether oxygens (including phenoxy) is 1. The van der Waals surface area contributed by atoms with Crippen LogP contribution in [0.15, 0.2) is 97.1 Å². The van der Waals surface area contributed by atoms with Crippen molar-refractivity contribution in [2.24, 2.45) is 0 Å². The fraction of sp³-hybridized carbons (Fsp3) is 0.107. The lowest BCUT2D eigenvalue weighted by Gasteiger charge is -2.24. The summed E-state index contributed by atoms with van der Waals surface area (Å²) in [6.45, 7) is 1.27. The summed E-state index contributed by atoms with van der Waals surface area (Å²) in [7, 11) is 0. The van der Waals surface area contributed by atoms with Gasteiger partial charge in [0.05, 0.1) is 0 Å². The third-order valence-corrected chi connectivity index (χ3v) is 6.02. The van der Waals surface area contributed by atoms with E-state index in [1.807, 2.05) is 72.8 Å². The molecule has 1 heterocycles. The highest BCUT2D eigenvalue weighted by Crippen LogP contribution is 2.33. The molecule has 7 nitrogen and oxygen atoms in total. The molecule has 1 aliphatic rings. The number of benzene rings is 4. The Morgan fingerprint density at radius 1 is 0.857 bits per heavy atom. The smallest absolute Gasteiger partial charge is 0.325 e. The summed E-state index contributed by atoms with van der Waals surface area (Å²) in [6.07, 6.45) is 0. The molecule has 1 atom stereocenters. The van der Waals surface area contributed by atoms with E-state index < -0.39 is 29.9 Å². The molecule has 0 radical (unpaired) electrons. The molecule has 4 aromatic carbocycles. The van der Waals surface area contributed by atoms with Gasteiger partial charge in [-0.3, -0.25) is 14.5 Å². The number of fused-ring (bicyclic) bond motifs is 1. The van der Waals surface area contributed by atoms with Crippen LogP contribution >= 0.6 is 0 Å². The van der Waals surface area contributed by atoms with E-state index in [4.69, 9.17) is 4.74 Å². The van der Waals surface area contributed by atoms with E-state index in [0.717, 1.165) is 15.7 Å². The summed E-state index contributed by atoms with van der Waals surface area (Å²) in [4.78, 5) is 39.7. The van der Waals surface area contributed by atoms with E-state index >= 15 is 0 Å². The molecule has 35 heavy (non-hydrogen) atoms. The molecule has 4 aromatic rings. The summed E-state index contributed by atoms with van der Waals surface area (Å²) in [5.74, 6) is 0.374. The average Bonchev–Trinajstić information content (AvgIpc) is 3.09. The number of rotatable bonds is 6. The predicted octanol–water partition coefficient (Wildman–Crippen LogP) is 5.04. The molecule has 2 N–H and O–H groups in total. The van der Waals surface area contributed by atoms with Crippen LogP contribution in [0.2, 0.25) is 0 Å². The number of carbonyl (C=O) groups is 3. The lowest BCUT2D eigenvalue weighted by atomic mass is 9.88. The topological polar surface area (TPSA) is 87.7 Å². The Bertz CT molecular complexity index is 1410. The normalized spacial score (nSPS) is 17.3. The van der Waals surface area contributed by atoms with E-state index in [9.17, 15) is 14.4 Å². The highest BCUT2D eigenvalue weighted by atomic mass is 16.5. The predicted molar refractivity (Wildman–Crippen MR) is 133 cm³/mol. The van der Waals surface area contributed by atoms with Crippen molar-refractivity contribution in [2.45, 2.75) is 12.5 Å². The van der Waals surface area contributed by atoms with Crippen LogP contribution in [0.4, 0.5) is 10.5 Å². The maximum absolute atomic E-state index is 13.3. The van der Waals surface area contributed by atoms with E-state index in [0.29, 0.717) is 22.7 Å². The summed E-state index contributed by atoms with van der Waals surface area (Å²) >= 11 is 0. The Morgan fingerprint density at radius 2 is 1.51 bits per heavy atom. The van der Waals surface area contributed by atoms with Gasteiger partial charge < -0.3 is 15.4 Å². The molecule has 0 aromatic heterocycles. The highest BCUT2D eigenvalue weighted by Gasteiger charge is 2.50. The number of hydrogen-bond acceptors (Lipinski definition) is 4. The SMILES string of the molecule is C[C@@]1(c2cccc3ccccc23)NC(=O)N(CC(=O)Nc2ccc(Oc3ccccc3)cc2)C1=O. The van der Waals surface area contributed by atoms with Gasteiger partial charge in [-0.05, 0) is 59.7 Å². The van der Waals surface area contributed by atoms with Crippen molar-refractivity contribution in [3.63, 3.8) is 0 Å². The molecule has 7 heteroatoms. The maximum Gasteiger partial charge on any atom is 0.325 e. The number of para-hydroxylation sites is 1. The minimum absolute atomic E-state index is 0.396. The molecular weight excluding hydrogens is 442 g/mol. The summed E-state index contributed by atoms with van der Waals surface area (Å²) in [5.41, 5.74) is -0.0561. The van der Waals surface area contributed by atoms with Crippen molar-refractivity contribution in [1.29, 1.82) is 0 Å². The minimum atomic E-state index is -1.27. The standard InChI is InChI=1S/C28H23N3O4/c1-28(24-13-7-9-19-8-5-6-12-23(19)24)26(33)31(27(34)30-28)18-25(32)29-20-14-16-22(17-15-20)35-21-10-3-2-4-11-21/h2-17H,18H2,1H3,(H,29,32)(H,30,34)/t28-/m0/s1. The first-order chi connectivity index (χ1) is 16.9.